The number of hydrogen-bond donors (Lipinski definition) is 2. The predicted molar refractivity (Wildman–Crippen MR) is 73.5 cm³/mol. The predicted octanol–water partition coefficient (Wildman–Crippen LogP) is 2.06. The molecule has 3 heterocycles. The van der Waals surface area contributed by atoms with Crippen LogP contribution in [0, 0.1) is 0 Å². The van der Waals surface area contributed by atoms with E-state index in [-0.39, 0.29) is 18.3 Å². The Morgan fingerprint density at radius 1 is 1.33 bits per heavy atom. The van der Waals surface area contributed by atoms with E-state index in [1.807, 2.05) is 4.90 Å². The summed E-state index contributed by atoms with van der Waals surface area (Å²) in [6.45, 7) is 1.65. The van der Waals surface area contributed by atoms with Gasteiger partial charge in [-0.25, -0.2) is 0 Å². The van der Waals surface area contributed by atoms with Crippen molar-refractivity contribution in [2.75, 3.05) is 13.1 Å². The highest BCUT2D eigenvalue weighted by atomic mass is 35.5. The number of H-pyrrole nitrogens is 1. The number of aromatic amines is 1. The highest BCUT2D eigenvalue weighted by molar-refractivity contribution is 6.30. The van der Waals surface area contributed by atoms with Crippen LogP contribution in [-0.4, -0.2) is 41.0 Å². The van der Waals surface area contributed by atoms with Gasteiger partial charge >= 0.3 is 0 Å². The van der Waals surface area contributed by atoms with E-state index in [0.717, 1.165) is 19.5 Å². The zero-order valence-electron chi connectivity index (χ0n) is 9.99. The summed E-state index contributed by atoms with van der Waals surface area (Å²) in [6.07, 6.45) is 5.13. The van der Waals surface area contributed by atoms with E-state index in [1.54, 1.807) is 12.3 Å². The maximum atomic E-state index is 12.3. The Bertz CT molecular complexity index is 435. The molecule has 2 saturated heterocycles. The average molecular weight is 290 g/mol. The minimum absolute atomic E-state index is 0. The number of carbonyl (C=O) groups is 1. The molecule has 0 aromatic carbocycles. The number of hydrogen-bond acceptors (Lipinski definition) is 2. The van der Waals surface area contributed by atoms with E-state index in [1.165, 1.54) is 12.8 Å². The topological polar surface area (TPSA) is 48.1 Å². The maximum Gasteiger partial charge on any atom is 0.270 e. The fourth-order valence-electron chi connectivity index (χ4n) is 2.79. The summed E-state index contributed by atoms with van der Waals surface area (Å²) in [4.78, 5) is 17.1. The minimum Gasteiger partial charge on any atom is -0.356 e. The number of nitrogens with zero attached hydrogens (tertiary/aromatic N) is 1. The van der Waals surface area contributed by atoms with Gasteiger partial charge in [-0.05, 0) is 25.3 Å². The van der Waals surface area contributed by atoms with Crippen LogP contribution in [0.3, 0.4) is 0 Å². The van der Waals surface area contributed by atoms with Crippen LogP contribution in [0.5, 0.6) is 0 Å². The zero-order valence-corrected chi connectivity index (χ0v) is 11.6. The van der Waals surface area contributed by atoms with E-state index < -0.39 is 0 Å². The van der Waals surface area contributed by atoms with Crippen molar-refractivity contribution in [3.05, 3.63) is 23.0 Å². The highest BCUT2D eigenvalue weighted by Crippen LogP contribution is 2.21. The molecule has 2 unspecified atom stereocenters. The molecule has 18 heavy (non-hydrogen) atoms. The standard InChI is InChI=1S/C12H16ClN3O.ClH/c13-8-5-11(14-6-8)12(17)16-4-3-9-1-2-10(7-16)15-9;/h5-6,9-10,14-15H,1-4,7H2;1H. The number of halogens is 2. The molecule has 0 aliphatic carbocycles. The van der Waals surface area contributed by atoms with Crippen LogP contribution >= 0.6 is 24.0 Å². The first kappa shape index (κ1) is 13.7. The molecule has 6 heteroatoms. The smallest absolute Gasteiger partial charge is 0.270 e. The van der Waals surface area contributed by atoms with Gasteiger partial charge in [-0.1, -0.05) is 11.6 Å². The van der Waals surface area contributed by atoms with Crippen LogP contribution < -0.4 is 5.32 Å². The van der Waals surface area contributed by atoms with Gasteiger partial charge in [0.05, 0.1) is 5.02 Å². The Morgan fingerprint density at radius 2 is 2.11 bits per heavy atom. The third-order valence-electron chi connectivity index (χ3n) is 3.69. The van der Waals surface area contributed by atoms with Crippen LogP contribution in [-0.2, 0) is 0 Å². The summed E-state index contributed by atoms with van der Waals surface area (Å²) < 4.78 is 0. The summed E-state index contributed by atoms with van der Waals surface area (Å²) in [6, 6.07) is 2.77. The molecular formula is C12H17Cl2N3O. The molecule has 1 amide bonds. The summed E-state index contributed by atoms with van der Waals surface area (Å²) >= 11 is 5.82. The Morgan fingerprint density at radius 3 is 2.83 bits per heavy atom. The Kier molecular flexibility index (Phi) is 4.20. The van der Waals surface area contributed by atoms with Crippen LogP contribution in [0.2, 0.25) is 5.02 Å². The van der Waals surface area contributed by atoms with Crippen LogP contribution in [0.15, 0.2) is 12.3 Å². The lowest BCUT2D eigenvalue weighted by Gasteiger charge is -2.23. The maximum absolute atomic E-state index is 12.3. The van der Waals surface area contributed by atoms with Crippen molar-refractivity contribution in [1.29, 1.82) is 0 Å². The zero-order chi connectivity index (χ0) is 11.8. The Hall–Kier alpha value is -0.710. The van der Waals surface area contributed by atoms with Crippen LogP contribution in [0.1, 0.15) is 29.8 Å². The van der Waals surface area contributed by atoms with E-state index in [0.29, 0.717) is 22.8 Å². The molecular weight excluding hydrogens is 273 g/mol. The van der Waals surface area contributed by atoms with Gasteiger partial charge in [0.25, 0.3) is 5.91 Å². The first-order chi connectivity index (χ1) is 8.22. The van der Waals surface area contributed by atoms with Crippen LogP contribution in [0.25, 0.3) is 0 Å². The largest absolute Gasteiger partial charge is 0.356 e. The quantitative estimate of drug-likeness (QED) is 0.831. The van der Waals surface area contributed by atoms with Crippen molar-refractivity contribution in [1.82, 2.24) is 15.2 Å². The summed E-state index contributed by atoms with van der Waals surface area (Å²) in [7, 11) is 0. The van der Waals surface area contributed by atoms with Gasteiger partial charge < -0.3 is 15.2 Å². The molecule has 3 rings (SSSR count). The molecule has 2 aliphatic heterocycles. The average Bonchev–Trinajstić information content (AvgIpc) is 2.84. The Balaban J connectivity index is 0.00000120. The molecule has 2 N–H and O–H groups in total. The monoisotopic (exact) mass is 289 g/mol. The van der Waals surface area contributed by atoms with Crippen molar-refractivity contribution < 1.29 is 4.79 Å². The van der Waals surface area contributed by atoms with Crippen LogP contribution in [0.4, 0.5) is 0 Å². The number of likely N-dealkylation sites (tertiary alicyclic amines) is 1. The second-order valence-electron chi connectivity index (χ2n) is 4.91. The van der Waals surface area contributed by atoms with E-state index in [2.05, 4.69) is 10.3 Å². The Labute approximate surface area is 117 Å². The van der Waals surface area contributed by atoms with Crippen molar-refractivity contribution in [2.24, 2.45) is 0 Å². The molecule has 0 radical (unpaired) electrons. The molecule has 2 aliphatic rings. The SMILES string of the molecule is Cl.O=C(c1cc(Cl)c[nH]1)N1CCC2CCC(C1)N2. The van der Waals surface area contributed by atoms with Gasteiger partial charge in [0.1, 0.15) is 5.69 Å². The lowest BCUT2D eigenvalue weighted by molar-refractivity contribution is 0.0743. The van der Waals surface area contributed by atoms with Crippen molar-refractivity contribution in [3.8, 4) is 0 Å². The number of carbonyl (C=O) groups excluding carboxylic acids is 1. The molecule has 0 spiro atoms. The molecule has 0 saturated carbocycles. The van der Waals surface area contributed by atoms with Gasteiger partial charge in [-0.2, -0.15) is 0 Å². The summed E-state index contributed by atoms with van der Waals surface area (Å²) in [5, 5.41) is 4.15. The van der Waals surface area contributed by atoms with E-state index in [4.69, 9.17) is 11.6 Å². The van der Waals surface area contributed by atoms with Gasteiger partial charge in [0, 0.05) is 31.4 Å². The molecule has 100 valence electrons. The summed E-state index contributed by atoms with van der Waals surface area (Å²) in [5.74, 6) is 0.0613. The number of rotatable bonds is 1. The third kappa shape index (κ3) is 2.66. The number of amides is 1. The van der Waals surface area contributed by atoms with Gasteiger partial charge in [-0.15, -0.1) is 12.4 Å². The van der Waals surface area contributed by atoms with Crippen molar-refractivity contribution in [2.45, 2.75) is 31.3 Å². The first-order valence-corrected chi connectivity index (χ1v) is 6.49. The molecule has 2 atom stereocenters. The fourth-order valence-corrected chi connectivity index (χ4v) is 2.95. The number of nitrogens with one attached hydrogen (secondary N) is 2. The molecule has 2 fully saturated rings. The molecule has 1 aromatic rings. The molecule has 4 nitrogen and oxygen atoms in total. The van der Waals surface area contributed by atoms with E-state index in [9.17, 15) is 4.79 Å². The first-order valence-electron chi connectivity index (χ1n) is 6.11. The van der Waals surface area contributed by atoms with Crippen molar-refractivity contribution >= 4 is 29.9 Å². The number of fused-ring (bicyclic) bond motifs is 2. The van der Waals surface area contributed by atoms with Gasteiger partial charge in [-0.3, -0.25) is 4.79 Å². The second kappa shape index (κ2) is 5.51. The lowest BCUT2D eigenvalue weighted by Crippen LogP contribution is -2.39. The fraction of sp³-hybridized carbons (Fsp3) is 0.583. The van der Waals surface area contributed by atoms with Crippen molar-refractivity contribution in [3.63, 3.8) is 0 Å². The lowest BCUT2D eigenvalue weighted by atomic mass is 10.1. The molecule has 1 aromatic heterocycles. The third-order valence-corrected chi connectivity index (χ3v) is 3.91. The van der Waals surface area contributed by atoms with Gasteiger partial charge in [0.15, 0.2) is 0 Å². The normalized spacial score (nSPS) is 26.6. The van der Waals surface area contributed by atoms with Gasteiger partial charge in [0.2, 0.25) is 0 Å². The summed E-state index contributed by atoms with van der Waals surface area (Å²) in [5.41, 5.74) is 0.591. The number of aromatic nitrogens is 1. The second-order valence-corrected chi connectivity index (χ2v) is 5.35. The van der Waals surface area contributed by atoms with E-state index >= 15 is 0 Å². The molecule has 2 bridgehead atoms. The highest BCUT2D eigenvalue weighted by Gasteiger charge is 2.31. The minimum atomic E-state index is 0.